The summed E-state index contributed by atoms with van der Waals surface area (Å²) in [7, 11) is 0. The molecule has 0 aliphatic heterocycles. The van der Waals surface area contributed by atoms with E-state index in [1.165, 1.54) is 6.42 Å². The molecule has 0 unspecified atom stereocenters. The molecule has 0 rings (SSSR count). The highest BCUT2D eigenvalue weighted by Gasteiger charge is 2.24. The Bertz CT molecular complexity index is 164. The summed E-state index contributed by atoms with van der Waals surface area (Å²) in [6.45, 7) is 10.3. The standard InChI is InChI=1S/C12H25NO/c1-5-11(14)12(3,4)9-7-8-10-13-6-2/h13H,5-10H2,1-4H3. The van der Waals surface area contributed by atoms with Gasteiger partial charge in [0.05, 0.1) is 0 Å². The van der Waals surface area contributed by atoms with Crippen LogP contribution >= 0.6 is 0 Å². The van der Waals surface area contributed by atoms with Crippen molar-refractivity contribution in [3.05, 3.63) is 0 Å². The first kappa shape index (κ1) is 13.6. The van der Waals surface area contributed by atoms with Crippen LogP contribution in [0.15, 0.2) is 0 Å². The molecule has 0 saturated heterocycles. The van der Waals surface area contributed by atoms with Gasteiger partial charge in [-0.3, -0.25) is 4.79 Å². The molecule has 14 heavy (non-hydrogen) atoms. The minimum absolute atomic E-state index is 0.110. The Labute approximate surface area is 88.5 Å². The van der Waals surface area contributed by atoms with Crippen LogP contribution in [-0.4, -0.2) is 18.9 Å². The monoisotopic (exact) mass is 199 g/mol. The largest absolute Gasteiger partial charge is 0.317 e. The summed E-state index contributed by atoms with van der Waals surface area (Å²) in [6, 6.07) is 0. The van der Waals surface area contributed by atoms with Crippen LogP contribution in [0, 0.1) is 5.41 Å². The Kier molecular flexibility index (Phi) is 6.81. The molecule has 0 fully saturated rings. The first-order chi connectivity index (χ1) is 6.54. The van der Waals surface area contributed by atoms with Crippen molar-refractivity contribution in [2.24, 2.45) is 5.41 Å². The molecule has 0 bridgehead atoms. The number of carbonyl (C=O) groups excluding carboxylic acids is 1. The molecule has 0 aromatic heterocycles. The third-order valence-corrected chi connectivity index (χ3v) is 2.73. The Hall–Kier alpha value is -0.370. The van der Waals surface area contributed by atoms with Crippen LogP contribution in [0.4, 0.5) is 0 Å². The molecule has 84 valence electrons. The summed E-state index contributed by atoms with van der Waals surface area (Å²) in [5, 5.41) is 3.29. The molecule has 0 heterocycles. The van der Waals surface area contributed by atoms with Crippen LogP contribution in [-0.2, 0) is 4.79 Å². The molecule has 1 N–H and O–H groups in total. The summed E-state index contributed by atoms with van der Waals surface area (Å²) in [5.41, 5.74) is -0.110. The summed E-state index contributed by atoms with van der Waals surface area (Å²) in [6.07, 6.45) is 4.01. The van der Waals surface area contributed by atoms with Gasteiger partial charge in [-0.05, 0) is 25.9 Å². The number of Topliss-reactive ketones (excluding diaryl/α,β-unsaturated/α-hetero) is 1. The summed E-state index contributed by atoms with van der Waals surface area (Å²) >= 11 is 0. The summed E-state index contributed by atoms with van der Waals surface area (Å²) < 4.78 is 0. The van der Waals surface area contributed by atoms with Crippen LogP contribution in [0.25, 0.3) is 0 Å². The molecule has 0 amide bonds. The lowest BCUT2D eigenvalue weighted by molar-refractivity contribution is -0.127. The fourth-order valence-corrected chi connectivity index (χ4v) is 1.61. The molecule has 0 aliphatic carbocycles. The molecule has 0 radical (unpaired) electrons. The van der Waals surface area contributed by atoms with E-state index in [2.05, 4.69) is 26.1 Å². The van der Waals surface area contributed by atoms with Crippen molar-refractivity contribution >= 4 is 5.78 Å². The number of carbonyl (C=O) groups is 1. The zero-order chi connectivity index (χ0) is 11.0. The van der Waals surface area contributed by atoms with E-state index in [1.54, 1.807) is 0 Å². The number of hydrogen-bond acceptors (Lipinski definition) is 2. The molecular weight excluding hydrogens is 174 g/mol. The number of ketones is 1. The van der Waals surface area contributed by atoms with Crippen LogP contribution < -0.4 is 5.32 Å². The number of nitrogens with one attached hydrogen (secondary N) is 1. The molecule has 0 aromatic carbocycles. The van der Waals surface area contributed by atoms with E-state index in [9.17, 15) is 4.79 Å². The van der Waals surface area contributed by atoms with Gasteiger partial charge in [0.15, 0.2) is 0 Å². The number of hydrogen-bond donors (Lipinski definition) is 1. The molecule has 0 aromatic rings. The fraction of sp³-hybridized carbons (Fsp3) is 0.917. The SMILES string of the molecule is CCNCCCCC(C)(C)C(=O)CC. The third kappa shape index (κ3) is 5.38. The molecule has 0 saturated carbocycles. The number of rotatable bonds is 8. The van der Waals surface area contributed by atoms with Gasteiger partial charge in [-0.2, -0.15) is 0 Å². The van der Waals surface area contributed by atoms with Gasteiger partial charge in [0.1, 0.15) is 5.78 Å². The summed E-state index contributed by atoms with van der Waals surface area (Å²) in [5.74, 6) is 0.390. The minimum Gasteiger partial charge on any atom is -0.317 e. The van der Waals surface area contributed by atoms with E-state index >= 15 is 0 Å². The third-order valence-electron chi connectivity index (χ3n) is 2.73. The van der Waals surface area contributed by atoms with Crippen molar-refractivity contribution < 1.29 is 4.79 Å². The van der Waals surface area contributed by atoms with E-state index in [0.29, 0.717) is 12.2 Å². The van der Waals surface area contributed by atoms with Crippen molar-refractivity contribution in [3.8, 4) is 0 Å². The predicted octanol–water partition coefficient (Wildman–Crippen LogP) is 2.77. The highest BCUT2D eigenvalue weighted by atomic mass is 16.1. The quantitative estimate of drug-likeness (QED) is 0.609. The zero-order valence-corrected chi connectivity index (χ0v) is 10.2. The highest BCUT2D eigenvalue weighted by molar-refractivity contribution is 5.83. The van der Waals surface area contributed by atoms with Crippen molar-refractivity contribution in [2.45, 2.75) is 53.4 Å². The molecule has 0 atom stereocenters. The van der Waals surface area contributed by atoms with Crippen LogP contribution in [0.2, 0.25) is 0 Å². The molecule has 2 nitrogen and oxygen atoms in total. The molecule has 0 spiro atoms. The van der Waals surface area contributed by atoms with E-state index in [-0.39, 0.29) is 5.41 Å². The van der Waals surface area contributed by atoms with E-state index in [1.807, 2.05) is 6.92 Å². The fourth-order valence-electron chi connectivity index (χ4n) is 1.61. The van der Waals surface area contributed by atoms with Gasteiger partial charge < -0.3 is 5.32 Å². The topological polar surface area (TPSA) is 29.1 Å². The van der Waals surface area contributed by atoms with Gasteiger partial charge in [0, 0.05) is 11.8 Å². The Morgan fingerprint density at radius 3 is 2.36 bits per heavy atom. The minimum atomic E-state index is -0.110. The lowest BCUT2D eigenvalue weighted by atomic mass is 9.82. The average Bonchev–Trinajstić information content (AvgIpc) is 2.16. The maximum absolute atomic E-state index is 11.5. The van der Waals surface area contributed by atoms with Crippen molar-refractivity contribution in [1.29, 1.82) is 0 Å². The highest BCUT2D eigenvalue weighted by Crippen LogP contribution is 2.25. The van der Waals surface area contributed by atoms with Gasteiger partial charge in [0.2, 0.25) is 0 Å². The first-order valence-electron chi connectivity index (χ1n) is 5.78. The maximum atomic E-state index is 11.5. The summed E-state index contributed by atoms with van der Waals surface area (Å²) in [4.78, 5) is 11.5. The van der Waals surface area contributed by atoms with Crippen molar-refractivity contribution in [2.75, 3.05) is 13.1 Å². The Morgan fingerprint density at radius 2 is 1.86 bits per heavy atom. The van der Waals surface area contributed by atoms with Gasteiger partial charge in [-0.25, -0.2) is 0 Å². The van der Waals surface area contributed by atoms with Crippen LogP contribution in [0.5, 0.6) is 0 Å². The second kappa shape index (κ2) is 6.99. The van der Waals surface area contributed by atoms with Crippen LogP contribution in [0.1, 0.15) is 53.4 Å². The normalized spacial score (nSPS) is 11.7. The molecule has 2 heteroatoms. The van der Waals surface area contributed by atoms with Crippen molar-refractivity contribution in [3.63, 3.8) is 0 Å². The first-order valence-corrected chi connectivity index (χ1v) is 5.78. The zero-order valence-electron chi connectivity index (χ0n) is 10.2. The Balaban J connectivity index is 3.60. The maximum Gasteiger partial charge on any atom is 0.138 e. The average molecular weight is 199 g/mol. The van der Waals surface area contributed by atoms with Gasteiger partial charge in [-0.1, -0.05) is 34.1 Å². The molecular formula is C12H25NO. The van der Waals surface area contributed by atoms with E-state index in [0.717, 1.165) is 25.9 Å². The predicted molar refractivity (Wildman–Crippen MR) is 61.5 cm³/mol. The van der Waals surface area contributed by atoms with Gasteiger partial charge >= 0.3 is 0 Å². The lowest BCUT2D eigenvalue weighted by Crippen LogP contribution is -2.23. The van der Waals surface area contributed by atoms with Gasteiger partial charge in [0.25, 0.3) is 0 Å². The number of unbranched alkanes of at least 4 members (excludes halogenated alkanes) is 1. The second-order valence-corrected chi connectivity index (χ2v) is 4.47. The Morgan fingerprint density at radius 1 is 1.21 bits per heavy atom. The van der Waals surface area contributed by atoms with E-state index in [4.69, 9.17) is 0 Å². The molecule has 0 aliphatic rings. The van der Waals surface area contributed by atoms with E-state index < -0.39 is 0 Å². The lowest BCUT2D eigenvalue weighted by Gasteiger charge is -2.22. The van der Waals surface area contributed by atoms with Gasteiger partial charge in [-0.15, -0.1) is 0 Å². The second-order valence-electron chi connectivity index (χ2n) is 4.47. The van der Waals surface area contributed by atoms with Crippen LogP contribution in [0.3, 0.4) is 0 Å². The van der Waals surface area contributed by atoms with Crippen molar-refractivity contribution in [1.82, 2.24) is 5.32 Å². The smallest absolute Gasteiger partial charge is 0.138 e.